The van der Waals surface area contributed by atoms with Crippen molar-refractivity contribution >= 4 is 29.1 Å². The molecule has 2 aliphatic carbocycles. The van der Waals surface area contributed by atoms with Crippen molar-refractivity contribution in [2.24, 2.45) is 17.8 Å². The first-order valence-electron chi connectivity index (χ1n) is 6.09. The zero-order valence-electron chi connectivity index (χ0n) is 9.67. The highest BCUT2D eigenvalue weighted by molar-refractivity contribution is 7.10. The molecule has 98 valence electrons. The van der Waals surface area contributed by atoms with E-state index in [1.807, 2.05) is 0 Å². The molecule has 0 spiro atoms. The van der Waals surface area contributed by atoms with Crippen LogP contribution >= 0.6 is 23.1 Å². The predicted molar refractivity (Wildman–Crippen MR) is 67.5 cm³/mol. The molecule has 1 aromatic rings. The van der Waals surface area contributed by atoms with Crippen LogP contribution in [0.2, 0.25) is 4.34 Å². The second-order valence-corrected chi connectivity index (χ2v) is 6.45. The van der Waals surface area contributed by atoms with Gasteiger partial charge >= 0.3 is 5.97 Å². The van der Waals surface area contributed by atoms with Gasteiger partial charge in [0.25, 0.3) is 0 Å². The zero-order chi connectivity index (χ0) is 12.7. The number of nitrogens with one attached hydrogen (secondary N) is 1. The molecule has 2 saturated carbocycles. The quantitative estimate of drug-likeness (QED) is 0.883. The van der Waals surface area contributed by atoms with Crippen molar-refractivity contribution in [3.63, 3.8) is 0 Å². The van der Waals surface area contributed by atoms with Crippen molar-refractivity contribution in [1.29, 1.82) is 0 Å². The molecule has 0 saturated heterocycles. The Bertz CT molecular complexity index is 467. The minimum Gasteiger partial charge on any atom is -0.481 e. The van der Waals surface area contributed by atoms with Crippen LogP contribution in [0.3, 0.4) is 0 Å². The lowest BCUT2D eigenvalue weighted by molar-refractivity contribution is -0.144. The number of carbonyl (C=O) groups is 1. The number of aromatic nitrogens is 2. The Balaban J connectivity index is 1.68. The van der Waals surface area contributed by atoms with E-state index in [4.69, 9.17) is 11.6 Å². The molecule has 3 rings (SSSR count). The summed E-state index contributed by atoms with van der Waals surface area (Å²) in [6.07, 6.45) is 3.23. The fraction of sp³-hybridized carbons (Fsp3) is 0.727. The zero-order valence-corrected chi connectivity index (χ0v) is 11.2. The van der Waals surface area contributed by atoms with Gasteiger partial charge < -0.3 is 10.4 Å². The maximum atomic E-state index is 11.3. The van der Waals surface area contributed by atoms with Crippen molar-refractivity contribution in [1.82, 2.24) is 14.9 Å². The maximum absolute atomic E-state index is 11.3. The third-order valence-corrected chi connectivity index (χ3v) is 5.20. The molecule has 2 fully saturated rings. The van der Waals surface area contributed by atoms with Gasteiger partial charge in [0.1, 0.15) is 10.0 Å². The summed E-state index contributed by atoms with van der Waals surface area (Å²) in [5.74, 6) is -0.105. The molecular formula is C11H14ClN3O2S. The van der Waals surface area contributed by atoms with Gasteiger partial charge in [-0.05, 0) is 31.1 Å². The van der Waals surface area contributed by atoms with E-state index in [1.54, 1.807) is 0 Å². The topological polar surface area (TPSA) is 75.1 Å². The van der Waals surface area contributed by atoms with Gasteiger partial charge in [0.05, 0.1) is 5.92 Å². The molecule has 5 nitrogen and oxygen atoms in total. The lowest BCUT2D eigenvalue weighted by Crippen LogP contribution is -2.43. The summed E-state index contributed by atoms with van der Waals surface area (Å²) in [4.78, 5) is 11.3. The summed E-state index contributed by atoms with van der Waals surface area (Å²) in [7, 11) is 0. The van der Waals surface area contributed by atoms with Crippen LogP contribution in [0.1, 0.15) is 25.0 Å². The Morgan fingerprint density at radius 2 is 2.28 bits per heavy atom. The standard InChI is InChI=1S/C11H14ClN3O2S/c12-10-7(14-15-18-10)4-13-9-6-2-1-5(3-6)8(9)11(16)17/h5-6,8-9,13H,1-4H2,(H,16,17). The van der Waals surface area contributed by atoms with Crippen LogP contribution in [-0.4, -0.2) is 26.7 Å². The Morgan fingerprint density at radius 1 is 1.50 bits per heavy atom. The normalized spacial score (nSPS) is 34.1. The summed E-state index contributed by atoms with van der Waals surface area (Å²) in [5.41, 5.74) is 0.716. The van der Waals surface area contributed by atoms with Gasteiger partial charge in [-0.3, -0.25) is 4.79 Å². The highest BCUT2D eigenvalue weighted by Crippen LogP contribution is 2.48. The predicted octanol–water partition coefficient (Wildman–Crippen LogP) is 1.78. The lowest BCUT2D eigenvalue weighted by Gasteiger charge is -2.28. The number of hydrogen-bond acceptors (Lipinski definition) is 5. The molecule has 0 aromatic carbocycles. The van der Waals surface area contributed by atoms with Gasteiger partial charge in [0.15, 0.2) is 0 Å². The molecule has 1 heterocycles. The summed E-state index contributed by atoms with van der Waals surface area (Å²) in [6, 6.07) is 0.0546. The smallest absolute Gasteiger partial charge is 0.308 e. The van der Waals surface area contributed by atoms with Crippen LogP contribution in [0.15, 0.2) is 0 Å². The van der Waals surface area contributed by atoms with E-state index in [0.29, 0.717) is 28.4 Å². The van der Waals surface area contributed by atoms with E-state index >= 15 is 0 Å². The van der Waals surface area contributed by atoms with E-state index in [-0.39, 0.29) is 12.0 Å². The number of rotatable bonds is 4. The molecule has 0 radical (unpaired) electrons. The van der Waals surface area contributed by atoms with Crippen LogP contribution in [0, 0.1) is 17.8 Å². The third kappa shape index (κ3) is 2.02. The van der Waals surface area contributed by atoms with Crippen molar-refractivity contribution in [2.45, 2.75) is 31.8 Å². The van der Waals surface area contributed by atoms with Crippen molar-refractivity contribution in [3.8, 4) is 0 Å². The number of carboxylic acids is 1. The number of halogens is 1. The summed E-state index contributed by atoms with van der Waals surface area (Å²) in [6.45, 7) is 0.507. The lowest BCUT2D eigenvalue weighted by atomic mass is 9.84. The maximum Gasteiger partial charge on any atom is 0.308 e. The molecule has 0 aliphatic heterocycles. The van der Waals surface area contributed by atoms with E-state index < -0.39 is 5.97 Å². The number of hydrogen-bond donors (Lipinski definition) is 2. The van der Waals surface area contributed by atoms with Crippen LogP contribution < -0.4 is 5.32 Å². The molecule has 4 atom stereocenters. The second kappa shape index (κ2) is 4.75. The van der Waals surface area contributed by atoms with Gasteiger partial charge in [-0.15, -0.1) is 5.10 Å². The minimum atomic E-state index is -0.679. The van der Waals surface area contributed by atoms with Crippen LogP contribution in [0.25, 0.3) is 0 Å². The second-order valence-electron chi connectivity index (χ2n) is 5.10. The van der Waals surface area contributed by atoms with E-state index in [9.17, 15) is 9.90 Å². The third-order valence-electron chi connectivity index (χ3n) is 4.22. The average molecular weight is 288 g/mol. The number of fused-ring (bicyclic) bond motifs is 2. The Morgan fingerprint density at radius 3 is 2.94 bits per heavy atom. The summed E-state index contributed by atoms with van der Waals surface area (Å²) in [5, 5.41) is 16.6. The first kappa shape index (κ1) is 12.3. The van der Waals surface area contributed by atoms with Gasteiger partial charge in [-0.1, -0.05) is 16.1 Å². The van der Waals surface area contributed by atoms with Crippen molar-refractivity contribution in [3.05, 3.63) is 10.0 Å². The molecule has 0 amide bonds. The Kier molecular flexibility index (Phi) is 3.25. The molecular weight excluding hydrogens is 274 g/mol. The first-order valence-corrected chi connectivity index (χ1v) is 7.25. The fourth-order valence-corrected chi connectivity index (χ4v) is 4.08. The van der Waals surface area contributed by atoms with Crippen LogP contribution in [0.5, 0.6) is 0 Å². The number of nitrogens with zero attached hydrogens (tertiary/aromatic N) is 2. The molecule has 2 bridgehead atoms. The highest BCUT2D eigenvalue weighted by Gasteiger charge is 2.50. The fourth-order valence-electron chi connectivity index (χ4n) is 3.46. The number of carboxylic acid groups (broad SMARTS) is 1. The van der Waals surface area contributed by atoms with Crippen LogP contribution in [-0.2, 0) is 11.3 Å². The SMILES string of the molecule is O=C(O)C1C2CCC(C2)C1NCc1nnsc1Cl. The average Bonchev–Trinajstić information content (AvgIpc) is 3.00. The van der Waals surface area contributed by atoms with Crippen molar-refractivity contribution < 1.29 is 9.90 Å². The first-order chi connectivity index (χ1) is 8.66. The molecule has 7 heteroatoms. The van der Waals surface area contributed by atoms with E-state index in [1.165, 1.54) is 0 Å². The Hall–Kier alpha value is -0.720. The number of aliphatic carboxylic acids is 1. The minimum absolute atomic E-state index is 0.0546. The van der Waals surface area contributed by atoms with Gasteiger partial charge in [0, 0.05) is 24.1 Å². The van der Waals surface area contributed by atoms with Gasteiger partial charge in [-0.25, -0.2) is 0 Å². The summed E-state index contributed by atoms with van der Waals surface area (Å²) >= 11 is 7.10. The van der Waals surface area contributed by atoms with Crippen molar-refractivity contribution in [2.75, 3.05) is 0 Å². The van der Waals surface area contributed by atoms with Gasteiger partial charge in [-0.2, -0.15) is 0 Å². The molecule has 1 aromatic heterocycles. The molecule has 2 aliphatic rings. The molecule has 2 N–H and O–H groups in total. The van der Waals surface area contributed by atoms with Crippen LogP contribution in [0.4, 0.5) is 0 Å². The molecule has 18 heavy (non-hydrogen) atoms. The highest BCUT2D eigenvalue weighted by atomic mass is 35.5. The largest absolute Gasteiger partial charge is 0.481 e. The van der Waals surface area contributed by atoms with Gasteiger partial charge in [0.2, 0.25) is 0 Å². The Labute approximate surface area is 114 Å². The summed E-state index contributed by atoms with van der Waals surface area (Å²) < 4.78 is 4.35. The van der Waals surface area contributed by atoms with E-state index in [0.717, 1.165) is 30.8 Å². The molecule has 4 unspecified atom stereocenters. The van der Waals surface area contributed by atoms with E-state index in [2.05, 4.69) is 14.9 Å². The monoisotopic (exact) mass is 287 g/mol.